The van der Waals surface area contributed by atoms with Crippen molar-refractivity contribution in [3.63, 3.8) is 0 Å². The van der Waals surface area contributed by atoms with E-state index in [4.69, 9.17) is 5.11 Å². The lowest BCUT2D eigenvalue weighted by Crippen LogP contribution is -2.31. The average molecular weight is 241 g/mol. The van der Waals surface area contributed by atoms with Gasteiger partial charge in [0, 0.05) is 21.8 Å². The smallest absolute Gasteiger partial charge is 0.304 e. The summed E-state index contributed by atoms with van der Waals surface area (Å²) in [6.07, 6.45) is 0.159. The molecule has 0 saturated heterocycles. The van der Waals surface area contributed by atoms with Crippen molar-refractivity contribution in [2.75, 3.05) is 0 Å². The lowest BCUT2D eigenvalue weighted by Gasteiger charge is -2.18. The first-order valence-electron chi connectivity index (χ1n) is 5.45. The van der Waals surface area contributed by atoms with Gasteiger partial charge in [-0.05, 0) is 39.3 Å². The minimum Gasteiger partial charge on any atom is -0.481 e. The number of carboxylic acids is 1. The highest BCUT2D eigenvalue weighted by Gasteiger charge is 2.15. The van der Waals surface area contributed by atoms with Crippen LogP contribution < -0.4 is 5.32 Å². The average Bonchev–Trinajstić information content (AvgIpc) is 2.43. The Kier molecular flexibility index (Phi) is 4.50. The molecule has 0 saturated carbocycles. The van der Waals surface area contributed by atoms with Gasteiger partial charge in [0.05, 0.1) is 6.42 Å². The summed E-state index contributed by atoms with van der Waals surface area (Å²) in [6, 6.07) is 2.37. The van der Waals surface area contributed by atoms with Crippen molar-refractivity contribution in [2.45, 2.75) is 46.2 Å². The first-order chi connectivity index (χ1) is 7.40. The molecule has 2 atom stereocenters. The van der Waals surface area contributed by atoms with Gasteiger partial charge in [0.2, 0.25) is 0 Å². The summed E-state index contributed by atoms with van der Waals surface area (Å²) in [4.78, 5) is 13.2. The fourth-order valence-electron chi connectivity index (χ4n) is 1.92. The second-order valence-electron chi connectivity index (χ2n) is 4.26. The number of aryl methyl sites for hydroxylation is 2. The molecule has 0 aliphatic carbocycles. The number of hydrogen-bond acceptors (Lipinski definition) is 3. The minimum atomic E-state index is -0.759. The third kappa shape index (κ3) is 3.61. The molecule has 0 aliphatic rings. The fourth-order valence-corrected chi connectivity index (χ4v) is 2.94. The predicted octanol–water partition coefficient (Wildman–Crippen LogP) is 2.88. The van der Waals surface area contributed by atoms with Crippen LogP contribution in [-0.4, -0.2) is 17.1 Å². The molecule has 4 heteroatoms. The van der Waals surface area contributed by atoms with Crippen LogP contribution in [0.1, 0.15) is 41.6 Å². The third-order valence-corrected chi connectivity index (χ3v) is 3.54. The monoisotopic (exact) mass is 241 g/mol. The van der Waals surface area contributed by atoms with Crippen LogP contribution in [0.15, 0.2) is 6.07 Å². The molecule has 1 aromatic heterocycles. The third-order valence-electron chi connectivity index (χ3n) is 2.56. The van der Waals surface area contributed by atoms with Crippen molar-refractivity contribution in [1.82, 2.24) is 5.32 Å². The van der Waals surface area contributed by atoms with Gasteiger partial charge in [-0.25, -0.2) is 0 Å². The molecule has 3 nitrogen and oxygen atoms in total. The molecule has 0 radical (unpaired) electrons. The Morgan fingerprint density at radius 2 is 2.12 bits per heavy atom. The van der Waals surface area contributed by atoms with Gasteiger partial charge < -0.3 is 10.4 Å². The highest BCUT2D eigenvalue weighted by atomic mass is 32.1. The second-order valence-corrected chi connectivity index (χ2v) is 5.72. The van der Waals surface area contributed by atoms with Crippen molar-refractivity contribution in [2.24, 2.45) is 0 Å². The zero-order valence-electron chi connectivity index (χ0n) is 10.2. The van der Waals surface area contributed by atoms with Gasteiger partial charge >= 0.3 is 5.97 Å². The number of aliphatic carboxylic acids is 1. The Balaban J connectivity index is 2.61. The molecule has 1 heterocycles. The Hall–Kier alpha value is -0.870. The first kappa shape index (κ1) is 13.2. The summed E-state index contributed by atoms with van der Waals surface area (Å²) < 4.78 is 0. The van der Waals surface area contributed by atoms with E-state index < -0.39 is 5.97 Å². The van der Waals surface area contributed by atoms with Gasteiger partial charge in [0.25, 0.3) is 0 Å². The van der Waals surface area contributed by atoms with Gasteiger partial charge in [0.1, 0.15) is 0 Å². The van der Waals surface area contributed by atoms with E-state index in [1.807, 2.05) is 6.92 Å². The number of carboxylic acid groups (broad SMARTS) is 1. The maximum Gasteiger partial charge on any atom is 0.304 e. The van der Waals surface area contributed by atoms with Gasteiger partial charge in [-0.3, -0.25) is 4.79 Å². The maximum atomic E-state index is 10.6. The van der Waals surface area contributed by atoms with E-state index in [9.17, 15) is 4.79 Å². The first-order valence-corrected chi connectivity index (χ1v) is 6.26. The number of hydrogen-bond donors (Lipinski definition) is 2. The molecular formula is C12H19NO2S. The maximum absolute atomic E-state index is 10.6. The van der Waals surface area contributed by atoms with E-state index in [1.165, 1.54) is 15.3 Å². The number of nitrogens with one attached hydrogen (secondary N) is 1. The molecule has 2 N–H and O–H groups in total. The van der Waals surface area contributed by atoms with E-state index in [2.05, 4.69) is 32.2 Å². The van der Waals surface area contributed by atoms with Crippen LogP contribution in [0.25, 0.3) is 0 Å². The minimum absolute atomic E-state index is 0.00731. The molecule has 0 aliphatic heterocycles. The molecule has 2 unspecified atom stereocenters. The summed E-state index contributed by atoms with van der Waals surface area (Å²) in [5.41, 5.74) is 1.28. The Labute approximate surface area is 100 Å². The standard InChI is InChI=1S/C12H19NO2S/c1-7(5-12(14)15)13-9(3)11-6-8(2)16-10(11)4/h6-7,9,13H,5H2,1-4H3,(H,14,15). The molecule has 0 bridgehead atoms. The fraction of sp³-hybridized carbons (Fsp3) is 0.583. The van der Waals surface area contributed by atoms with E-state index in [0.29, 0.717) is 0 Å². The Morgan fingerprint density at radius 3 is 2.56 bits per heavy atom. The van der Waals surface area contributed by atoms with E-state index >= 15 is 0 Å². The quantitative estimate of drug-likeness (QED) is 0.833. The molecule has 1 rings (SSSR count). The largest absolute Gasteiger partial charge is 0.481 e. The van der Waals surface area contributed by atoms with Crippen molar-refractivity contribution in [3.8, 4) is 0 Å². The van der Waals surface area contributed by atoms with Gasteiger partial charge in [-0.2, -0.15) is 0 Å². The predicted molar refractivity (Wildman–Crippen MR) is 67.1 cm³/mol. The van der Waals surface area contributed by atoms with Crippen LogP contribution in [0.2, 0.25) is 0 Å². The van der Waals surface area contributed by atoms with Crippen LogP contribution in [0.5, 0.6) is 0 Å². The molecule has 0 aromatic carbocycles. The molecule has 0 fully saturated rings. The van der Waals surface area contributed by atoms with E-state index in [1.54, 1.807) is 11.3 Å². The van der Waals surface area contributed by atoms with E-state index in [-0.39, 0.29) is 18.5 Å². The summed E-state index contributed by atoms with van der Waals surface area (Å²) in [5, 5.41) is 12.0. The highest BCUT2D eigenvalue weighted by Crippen LogP contribution is 2.26. The number of carbonyl (C=O) groups is 1. The van der Waals surface area contributed by atoms with E-state index in [0.717, 1.165) is 0 Å². The van der Waals surface area contributed by atoms with Crippen molar-refractivity contribution in [1.29, 1.82) is 0 Å². The molecule has 16 heavy (non-hydrogen) atoms. The number of rotatable bonds is 5. The SMILES string of the molecule is Cc1cc(C(C)NC(C)CC(=O)O)c(C)s1. The van der Waals surface area contributed by atoms with Crippen molar-refractivity contribution >= 4 is 17.3 Å². The van der Waals surface area contributed by atoms with Crippen LogP contribution >= 0.6 is 11.3 Å². The van der Waals surface area contributed by atoms with Crippen LogP contribution in [0.4, 0.5) is 0 Å². The molecule has 1 aromatic rings. The van der Waals surface area contributed by atoms with Gasteiger partial charge in [-0.15, -0.1) is 11.3 Å². The Morgan fingerprint density at radius 1 is 1.50 bits per heavy atom. The van der Waals surface area contributed by atoms with Crippen molar-refractivity contribution < 1.29 is 9.90 Å². The van der Waals surface area contributed by atoms with Crippen LogP contribution in [0, 0.1) is 13.8 Å². The van der Waals surface area contributed by atoms with Gasteiger partial charge in [-0.1, -0.05) is 0 Å². The normalized spacial score (nSPS) is 14.8. The lowest BCUT2D eigenvalue weighted by atomic mass is 10.1. The van der Waals surface area contributed by atoms with Crippen LogP contribution in [-0.2, 0) is 4.79 Å². The molecule has 90 valence electrons. The van der Waals surface area contributed by atoms with Gasteiger partial charge in [0.15, 0.2) is 0 Å². The summed E-state index contributed by atoms with van der Waals surface area (Å²) in [7, 11) is 0. The molecular weight excluding hydrogens is 222 g/mol. The molecule has 0 spiro atoms. The highest BCUT2D eigenvalue weighted by molar-refractivity contribution is 7.12. The zero-order valence-corrected chi connectivity index (χ0v) is 11.0. The lowest BCUT2D eigenvalue weighted by molar-refractivity contribution is -0.137. The van der Waals surface area contributed by atoms with Crippen LogP contribution in [0.3, 0.4) is 0 Å². The summed E-state index contributed by atoms with van der Waals surface area (Å²) in [6.45, 7) is 8.17. The zero-order chi connectivity index (χ0) is 12.3. The molecule has 0 amide bonds. The van der Waals surface area contributed by atoms with Crippen molar-refractivity contribution in [3.05, 3.63) is 21.4 Å². The second kappa shape index (κ2) is 5.46. The summed E-state index contributed by atoms with van der Waals surface area (Å²) in [5.74, 6) is -0.759. The topological polar surface area (TPSA) is 49.3 Å². The number of thiophene rings is 1. The summed E-state index contributed by atoms with van der Waals surface area (Å²) >= 11 is 1.78. The Bertz CT molecular complexity index is 373.